The summed E-state index contributed by atoms with van der Waals surface area (Å²) < 4.78 is 5.18. The van der Waals surface area contributed by atoms with Crippen molar-refractivity contribution in [3.8, 4) is 94.7 Å². The van der Waals surface area contributed by atoms with Crippen molar-refractivity contribution in [2.24, 2.45) is 0 Å². The Hall–Kier alpha value is -10.7. The lowest BCUT2D eigenvalue weighted by molar-refractivity contribution is 1.18. The van der Waals surface area contributed by atoms with E-state index in [0.717, 1.165) is 5.69 Å². The molecule has 0 amide bonds. The first-order valence-electron chi connectivity index (χ1n) is 30.0. The first-order valence-corrected chi connectivity index (χ1v) is 32.8. The van der Waals surface area contributed by atoms with Crippen molar-refractivity contribution in [1.82, 2.24) is 4.57 Å². The van der Waals surface area contributed by atoms with Crippen molar-refractivity contribution in [3.05, 3.63) is 334 Å². The van der Waals surface area contributed by atoms with Gasteiger partial charge in [0.05, 0.1) is 11.0 Å². The van der Waals surface area contributed by atoms with Crippen LogP contribution in [0.15, 0.2) is 334 Å². The van der Waals surface area contributed by atoms with Crippen LogP contribution < -0.4 is 20.7 Å². The second-order valence-electron chi connectivity index (χ2n) is 23.1. The fraction of sp³-hybridized carbons (Fsp3) is 0. The number of fused-ring (bicyclic) bond motifs is 9. The highest BCUT2D eigenvalue weighted by molar-refractivity contribution is 7.25. The van der Waals surface area contributed by atoms with Gasteiger partial charge in [0.2, 0.25) is 0 Å². The van der Waals surface area contributed by atoms with Gasteiger partial charge in [0.25, 0.3) is 0 Å². The summed E-state index contributed by atoms with van der Waals surface area (Å²) in [6, 6.07) is 125. The molecule has 0 radical (unpaired) electrons. The monoisotopic (exact) mass is 1140 g/mol. The molecule has 0 N–H and O–H groups in total. The quantitative estimate of drug-likeness (QED) is 0.120. The number of aromatic nitrogens is 1. The van der Waals surface area contributed by atoms with Crippen molar-refractivity contribution in [2.75, 3.05) is 0 Å². The van der Waals surface area contributed by atoms with E-state index in [-0.39, 0.29) is 0 Å². The predicted molar refractivity (Wildman–Crippen MR) is 374 cm³/mol. The van der Waals surface area contributed by atoms with E-state index in [0.29, 0.717) is 0 Å². The second kappa shape index (κ2) is 20.8. The molecule has 1 aliphatic heterocycles. The average molecular weight is 1140 g/mol. The minimum atomic E-state index is -2.97. The summed E-state index contributed by atoms with van der Waals surface area (Å²) in [5.41, 5.74) is 23.1. The van der Waals surface area contributed by atoms with Gasteiger partial charge in [0.15, 0.2) is 0 Å². The van der Waals surface area contributed by atoms with Gasteiger partial charge in [-0.25, -0.2) is 0 Å². The SMILES string of the molecule is c1ccc(-c2ccc(-c3ccc(-c4ccc5c(c4)c4cc(-c6ccc(-c7ccc(-c8ccccc8)cc7)cc6)ccc4n5-c4ccc5c(c4)[Si-](c4ccccc4)(c4ccccc4)c4cc(-c6ccc7sc8ccccc8c7c6)ccc4-5)cc3)cc2)cc1. The van der Waals surface area contributed by atoms with Gasteiger partial charge < -0.3 is 4.57 Å². The Kier molecular flexibility index (Phi) is 12.2. The first-order chi connectivity index (χ1) is 43.1. The van der Waals surface area contributed by atoms with Gasteiger partial charge in [0.1, 0.15) is 0 Å². The van der Waals surface area contributed by atoms with Crippen LogP contribution in [-0.2, 0) is 0 Å². The molecule has 17 rings (SSSR count). The lowest BCUT2D eigenvalue weighted by atomic mass is 9.96. The number of thiophene rings is 1. The summed E-state index contributed by atoms with van der Waals surface area (Å²) in [5.74, 6) is 0. The molecule has 2 aromatic heterocycles. The molecular formula is C84H55NSSi-. The van der Waals surface area contributed by atoms with Crippen molar-refractivity contribution in [1.29, 1.82) is 0 Å². The summed E-state index contributed by atoms with van der Waals surface area (Å²) in [6.45, 7) is 0. The van der Waals surface area contributed by atoms with Crippen molar-refractivity contribution in [2.45, 2.75) is 0 Å². The molecular weight excluding hydrogens is 1080 g/mol. The Balaban J connectivity index is 0.809. The van der Waals surface area contributed by atoms with Gasteiger partial charge in [-0.2, -0.15) is 20.7 Å². The molecule has 0 saturated heterocycles. The zero-order chi connectivity index (χ0) is 57.4. The van der Waals surface area contributed by atoms with E-state index in [9.17, 15) is 0 Å². The fourth-order valence-electron chi connectivity index (χ4n) is 14.0. The van der Waals surface area contributed by atoms with Gasteiger partial charge in [0, 0.05) is 36.6 Å². The lowest BCUT2D eigenvalue weighted by Gasteiger charge is -2.44. The number of hydrogen-bond acceptors (Lipinski definition) is 1. The Morgan fingerprint density at radius 2 is 0.540 bits per heavy atom. The number of nitrogens with zero attached hydrogens (tertiary/aromatic N) is 1. The summed E-state index contributed by atoms with van der Waals surface area (Å²) in [4.78, 5) is 0. The maximum atomic E-state index is 2.57. The summed E-state index contributed by atoms with van der Waals surface area (Å²) >= 11 is 1.88. The van der Waals surface area contributed by atoms with Crippen LogP contribution in [0, 0.1) is 0 Å². The number of hydrogen-bond donors (Lipinski definition) is 0. The average Bonchev–Trinajstić information content (AvgIpc) is 1.57. The third-order valence-electron chi connectivity index (χ3n) is 18.4. The lowest BCUT2D eigenvalue weighted by Crippen LogP contribution is -2.72. The van der Waals surface area contributed by atoms with Crippen LogP contribution in [0.4, 0.5) is 0 Å². The maximum Gasteiger partial charge on any atom is 0.0541 e. The van der Waals surface area contributed by atoms with Crippen molar-refractivity contribution >= 4 is 82.1 Å². The molecule has 0 fully saturated rings. The van der Waals surface area contributed by atoms with Crippen LogP contribution in [0.1, 0.15) is 0 Å². The summed E-state index contributed by atoms with van der Waals surface area (Å²) in [5, 5.41) is 10.7. The largest absolute Gasteiger partial charge is 0.309 e. The zero-order valence-corrected chi connectivity index (χ0v) is 49.4. The van der Waals surface area contributed by atoms with E-state index in [4.69, 9.17) is 0 Å². The van der Waals surface area contributed by atoms with E-state index in [1.54, 1.807) is 0 Å². The molecule has 1 nitrogen and oxygen atoms in total. The Morgan fingerprint density at radius 1 is 0.218 bits per heavy atom. The minimum Gasteiger partial charge on any atom is -0.309 e. The van der Waals surface area contributed by atoms with Gasteiger partial charge in [-0.15, -0.1) is 11.3 Å². The molecule has 87 heavy (non-hydrogen) atoms. The van der Waals surface area contributed by atoms with E-state index in [2.05, 4.69) is 338 Å². The standard InChI is InChI=1S/C84H55NSSi/c1-5-15-56(16-6-1)58-25-29-60(30-26-58)62-33-37-64(38-34-62)66-42-48-79-76(51-66)77-52-67(65-39-35-63(36-40-65)61-31-27-59(28-32-61)57-17-7-2-8-18-57)43-49-80(77)85(79)70-45-47-75-74-46-41-69(68-44-50-82-78(53-68)73-23-13-14-24-81(73)86-82)54-83(74)87(84(75)55-70,71-19-9-3-10-20-71)72-21-11-4-12-22-72/h1-55H/q-1. The highest BCUT2D eigenvalue weighted by Crippen LogP contribution is 2.42. The molecule has 0 bridgehead atoms. The Morgan fingerprint density at radius 3 is 1.02 bits per heavy atom. The molecule has 0 unspecified atom stereocenters. The van der Waals surface area contributed by atoms with Crippen LogP contribution in [0.3, 0.4) is 0 Å². The zero-order valence-electron chi connectivity index (χ0n) is 47.6. The Bertz CT molecular complexity index is 5040. The van der Waals surface area contributed by atoms with Crippen molar-refractivity contribution in [3.63, 3.8) is 0 Å². The summed E-state index contributed by atoms with van der Waals surface area (Å²) in [7, 11) is -2.97. The molecule has 3 heterocycles. The highest BCUT2D eigenvalue weighted by atomic mass is 32.1. The van der Waals surface area contributed by atoms with Crippen LogP contribution in [-0.4, -0.2) is 12.6 Å². The molecule has 3 heteroatoms. The van der Waals surface area contributed by atoms with Gasteiger partial charge >= 0.3 is 0 Å². The molecule has 14 aromatic carbocycles. The van der Waals surface area contributed by atoms with Crippen LogP contribution >= 0.6 is 11.3 Å². The van der Waals surface area contributed by atoms with E-state index in [1.165, 1.54) is 152 Å². The molecule has 0 atom stereocenters. The number of benzene rings is 14. The number of rotatable bonds is 10. The second-order valence-corrected chi connectivity index (χ2v) is 27.9. The Labute approximate surface area is 511 Å². The van der Waals surface area contributed by atoms with Crippen LogP contribution in [0.2, 0.25) is 0 Å². The van der Waals surface area contributed by atoms with E-state index in [1.807, 2.05) is 11.3 Å². The van der Waals surface area contributed by atoms with Gasteiger partial charge in [-0.05, 0) is 134 Å². The topological polar surface area (TPSA) is 4.93 Å². The van der Waals surface area contributed by atoms with E-state index < -0.39 is 8.07 Å². The molecule has 0 saturated carbocycles. The molecule has 0 spiro atoms. The van der Waals surface area contributed by atoms with Gasteiger partial charge in [-0.3, -0.25) is 0 Å². The minimum absolute atomic E-state index is 1.16. The third kappa shape index (κ3) is 8.57. The van der Waals surface area contributed by atoms with Crippen molar-refractivity contribution < 1.29 is 0 Å². The smallest absolute Gasteiger partial charge is 0.0541 e. The summed E-state index contributed by atoms with van der Waals surface area (Å²) in [6.07, 6.45) is 0. The molecule has 407 valence electrons. The van der Waals surface area contributed by atoms with E-state index >= 15 is 0 Å². The highest BCUT2D eigenvalue weighted by Gasteiger charge is 2.37. The normalized spacial score (nSPS) is 12.5. The third-order valence-corrected chi connectivity index (χ3v) is 24.3. The molecule has 1 aliphatic rings. The van der Waals surface area contributed by atoms with Crippen LogP contribution in [0.25, 0.3) is 137 Å². The fourth-order valence-corrected chi connectivity index (χ4v) is 20.4. The maximum absolute atomic E-state index is 2.97. The predicted octanol–water partition coefficient (Wildman–Crippen LogP) is 20.2. The molecule has 0 aliphatic carbocycles. The molecule has 16 aromatic rings. The van der Waals surface area contributed by atoms with Crippen LogP contribution in [0.5, 0.6) is 0 Å². The van der Waals surface area contributed by atoms with Gasteiger partial charge in [-0.1, -0.05) is 296 Å². The first kappa shape index (κ1) is 50.8.